The number of nitrogens with zero attached hydrogens (tertiary/aromatic N) is 3. The van der Waals surface area contributed by atoms with E-state index in [0.717, 1.165) is 42.7 Å². The summed E-state index contributed by atoms with van der Waals surface area (Å²) in [4.78, 5) is 10.9. The highest BCUT2D eigenvalue weighted by atomic mass is 127. The van der Waals surface area contributed by atoms with Crippen LogP contribution in [0.5, 0.6) is 0 Å². The van der Waals surface area contributed by atoms with Crippen LogP contribution in [0.1, 0.15) is 24.8 Å². The molecule has 0 unspecified atom stereocenters. The van der Waals surface area contributed by atoms with E-state index in [1.165, 1.54) is 19.3 Å². The Morgan fingerprint density at radius 1 is 1.15 bits per heavy atom. The molecule has 2 heterocycles. The number of pyridine rings is 1. The Morgan fingerprint density at radius 3 is 2.69 bits per heavy atom. The zero-order valence-electron chi connectivity index (χ0n) is 14.3. The van der Waals surface area contributed by atoms with Gasteiger partial charge >= 0.3 is 0 Å². The first-order chi connectivity index (χ1) is 12.1. The second-order valence-electron chi connectivity index (χ2n) is 6.02. The Hall–Kier alpha value is -1.97. The zero-order chi connectivity index (χ0) is 17.6. The Kier molecular flexibility index (Phi) is 7.55. The van der Waals surface area contributed by atoms with Crippen LogP contribution in [0.25, 0.3) is 0 Å². The molecule has 3 rings (SSSR count). The lowest BCUT2D eigenvalue weighted by Gasteiger charge is -2.27. The summed E-state index contributed by atoms with van der Waals surface area (Å²) in [6.45, 7) is 2.36. The van der Waals surface area contributed by atoms with E-state index in [9.17, 15) is 8.78 Å². The summed E-state index contributed by atoms with van der Waals surface area (Å²) in [7, 11) is 0. The second kappa shape index (κ2) is 9.65. The first kappa shape index (κ1) is 20.3. The van der Waals surface area contributed by atoms with Gasteiger partial charge in [0.15, 0.2) is 5.96 Å². The van der Waals surface area contributed by atoms with Gasteiger partial charge in [0.1, 0.15) is 17.5 Å². The molecule has 5 nitrogen and oxygen atoms in total. The zero-order valence-corrected chi connectivity index (χ0v) is 16.6. The van der Waals surface area contributed by atoms with Crippen molar-refractivity contribution in [2.24, 2.45) is 10.7 Å². The molecule has 0 spiro atoms. The number of aliphatic imine (C=N–C) groups is 1. The van der Waals surface area contributed by atoms with Crippen molar-refractivity contribution in [3.63, 3.8) is 0 Å². The molecule has 0 atom stereocenters. The van der Waals surface area contributed by atoms with Gasteiger partial charge in [-0.05, 0) is 49.1 Å². The van der Waals surface area contributed by atoms with Crippen molar-refractivity contribution >= 4 is 41.4 Å². The van der Waals surface area contributed by atoms with E-state index < -0.39 is 11.6 Å². The number of hydrogen-bond acceptors (Lipinski definition) is 3. The van der Waals surface area contributed by atoms with E-state index in [2.05, 4.69) is 20.2 Å². The molecule has 0 bridgehead atoms. The molecule has 1 aromatic carbocycles. The van der Waals surface area contributed by atoms with Crippen molar-refractivity contribution in [3.8, 4) is 0 Å². The van der Waals surface area contributed by atoms with E-state index in [-0.39, 0.29) is 35.6 Å². The molecule has 1 fully saturated rings. The maximum atomic E-state index is 13.6. The number of piperidine rings is 1. The summed E-state index contributed by atoms with van der Waals surface area (Å²) in [5.41, 5.74) is 6.70. The largest absolute Gasteiger partial charge is 0.370 e. The number of nitrogens with two attached hydrogens (primary N) is 1. The van der Waals surface area contributed by atoms with Gasteiger partial charge in [0, 0.05) is 25.4 Å². The van der Waals surface area contributed by atoms with Crippen LogP contribution in [0.15, 0.2) is 41.5 Å². The fourth-order valence-corrected chi connectivity index (χ4v) is 2.80. The van der Waals surface area contributed by atoms with Gasteiger partial charge in [-0.2, -0.15) is 0 Å². The number of anilines is 2. The first-order valence-electron chi connectivity index (χ1n) is 8.34. The Labute approximate surface area is 168 Å². The van der Waals surface area contributed by atoms with Crippen molar-refractivity contribution in [1.29, 1.82) is 0 Å². The summed E-state index contributed by atoms with van der Waals surface area (Å²) < 4.78 is 26.8. The normalized spacial score (nSPS) is 14.7. The molecule has 0 radical (unpaired) electrons. The monoisotopic (exact) mass is 473 g/mol. The maximum Gasteiger partial charge on any atom is 0.193 e. The topological polar surface area (TPSA) is 66.5 Å². The number of rotatable bonds is 4. The smallest absolute Gasteiger partial charge is 0.193 e. The van der Waals surface area contributed by atoms with E-state index in [1.54, 1.807) is 6.20 Å². The van der Waals surface area contributed by atoms with Gasteiger partial charge in [-0.3, -0.25) is 0 Å². The van der Waals surface area contributed by atoms with Crippen LogP contribution in [0.4, 0.5) is 20.3 Å². The van der Waals surface area contributed by atoms with Crippen LogP contribution in [0, 0.1) is 11.6 Å². The lowest BCUT2D eigenvalue weighted by molar-refractivity contribution is 0.573. The lowest BCUT2D eigenvalue weighted by Crippen LogP contribution is -2.30. The van der Waals surface area contributed by atoms with E-state index in [4.69, 9.17) is 5.73 Å². The van der Waals surface area contributed by atoms with Crippen LogP contribution in [0.3, 0.4) is 0 Å². The van der Waals surface area contributed by atoms with E-state index in [1.807, 2.05) is 12.1 Å². The minimum atomic E-state index is -0.587. The van der Waals surface area contributed by atoms with Crippen molar-refractivity contribution in [3.05, 3.63) is 53.7 Å². The molecule has 8 heteroatoms. The molecule has 0 amide bonds. The molecule has 2 aromatic rings. The number of guanidine groups is 1. The summed E-state index contributed by atoms with van der Waals surface area (Å²) in [6, 6.07) is 6.99. The third kappa shape index (κ3) is 5.52. The molecule has 140 valence electrons. The minimum absolute atomic E-state index is 0. The van der Waals surface area contributed by atoms with Crippen LogP contribution < -0.4 is 16.0 Å². The maximum absolute atomic E-state index is 13.6. The summed E-state index contributed by atoms with van der Waals surface area (Å²) >= 11 is 0. The molecule has 0 aliphatic carbocycles. The van der Waals surface area contributed by atoms with Gasteiger partial charge in [-0.15, -0.1) is 24.0 Å². The number of benzene rings is 1. The van der Waals surface area contributed by atoms with E-state index >= 15 is 0 Å². The van der Waals surface area contributed by atoms with Gasteiger partial charge in [-0.1, -0.05) is 0 Å². The fraction of sp³-hybridized carbons (Fsp3) is 0.333. The molecule has 0 saturated carbocycles. The van der Waals surface area contributed by atoms with Crippen molar-refractivity contribution in [2.75, 3.05) is 23.3 Å². The number of nitrogens with one attached hydrogen (secondary N) is 1. The van der Waals surface area contributed by atoms with Crippen LogP contribution in [0.2, 0.25) is 0 Å². The highest BCUT2D eigenvalue weighted by molar-refractivity contribution is 14.0. The Balaban J connectivity index is 0.00000243. The summed E-state index contributed by atoms with van der Waals surface area (Å²) in [5.74, 6) is -0.163. The molecule has 3 N–H and O–H groups in total. The number of aromatic nitrogens is 1. The predicted octanol–water partition coefficient (Wildman–Crippen LogP) is 3.89. The molecule has 26 heavy (non-hydrogen) atoms. The summed E-state index contributed by atoms with van der Waals surface area (Å²) in [6.07, 6.45) is 5.38. The lowest BCUT2D eigenvalue weighted by atomic mass is 10.1. The number of hydrogen-bond donors (Lipinski definition) is 2. The van der Waals surface area contributed by atoms with Crippen LogP contribution in [-0.4, -0.2) is 24.0 Å². The third-order valence-electron chi connectivity index (χ3n) is 4.11. The molecular weight excluding hydrogens is 451 g/mol. The second-order valence-corrected chi connectivity index (χ2v) is 6.02. The predicted molar refractivity (Wildman–Crippen MR) is 111 cm³/mol. The average molecular weight is 473 g/mol. The van der Waals surface area contributed by atoms with Crippen molar-refractivity contribution in [1.82, 2.24) is 4.98 Å². The Bertz CT molecular complexity index is 763. The van der Waals surface area contributed by atoms with Crippen molar-refractivity contribution in [2.45, 2.75) is 25.8 Å². The van der Waals surface area contributed by atoms with Gasteiger partial charge in [0.25, 0.3) is 0 Å². The highest BCUT2D eigenvalue weighted by Crippen LogP contribution is 2.19. The van der Waals surface area contributed by atoms with E-state index in [0.29, 0.717) is 6.54 Å². The van der Waals surface area contributed by atoms with Crippen LogP contribution >= 0.6 is 24.0 Å². The number of halogens is 3. The Morgan fingerprint density at radius 2 is 1.92 bits per heavy atom. The first-order valence-corrected chi connectivity index (χ1v) is 8.34. The molecule has 1 aromatic heterocycles. The van der Waals surface area contributed by atoms with Gasteiger partial charge in [-0.25, -0.2) is 18.8 Å². The average Bonchev–Trinajstić information content (AvgIpc) is 2.64. The SMILES string of the molecule is I.NC(=NCc1ccnc(N2CCCCC2)c1)Nc1cc(F)ccc1F. The summed E-state index contributed by atoms with van der Waals surface area (Å²) in [5, 5.41) is 2.59. The minimum Gasteiger partial charge on any atom is -0.370 e. The standard InChI is InChI=1S/C18H21F2N5.HI/c19-14-4-5-15(20)16(11-14)24-18(21)23-12-13-6-7-22-17(10-13)25-8-2-1-3-9-25;/h4-7,10-11H,1-3,8-9,12H2,(H3,21,23,24);1H. The quantitative estimate of drug-likeness (QED) is 0.402. The fourth-order valence-electron chi connectivity index (χ4n) is 2.80. The molecule has 1 aliphatic heterocycles. The third-order valence-corrected chi connectivity index (χ3v) is 4.11. The van der Waals surface area contributed by atoms with Crippen molar-refractivity contribution < 1.29 is 8.78 Å². The molecular formula is C18H22F2IN5. The van der Waals surface area contributed by atoms with Crippen LogP contribution in [-0.2, 0) is 6.54 Å². The highest BCUT2D eigenvalue weighted by Gasteiger charge is 2.12. The molecule has 1 saturated heterocycles. The molecule has 1 aliphatic rings. The van der Waals surface area contributed by atoms with Gasteiger partial charge < -0.3 is 16.0 Å². The van der Waals surface area contributed by atoms with Gasteiger partial charge in [0.05, 0.1) is 12.2 Å². The van der Waals surface area contributed by atoms with Gasteiger partial charge in [0.2, 0.25) is 0 Å².